The van der Waals surface area contributed by atoms with Crippen molar-refractivity contribution in [1.82, 2.24) is 0 Å². The van der Waals surface area contributed by atoms with Gasteiger partial charge in [0.2, 0.25) is 0 Å². The third-order valence-electron chi connectivity index (χ3n) is 4.27. The highest BCUT2D eigenvalue weighted by atomic mass is 32.2. The number of allylic oxidation sites excluding steroid dienone is 4. The van der Waals surface area contributed by atoms with E-state index in [-0.39, 0.29) is 12.6 Å². The second kappa shape index (κ2) is 11.6. The summed E-state index contributed by atoms with van der Waals surface area (Å²) in [6, 6.07) is 8.54. The molecule has 0 spiro atoms. The van der Waals surface area contributed by atoms with Crippen LogP contribution < -0.4 is 0 Å². The lowest BCUT2D eigenvalue weighted by atomic mass is 10.1. The largest absolute Gasteiger partial charge is 0.462 e. The van der Waals surface area contributed by atoms with Gasteiger partial charge in [-0.1, -0.05) is 47.1 Å². The molecule has 0 saturated heterocycles. The lowest BCUT2D eigenvalue weighted by Crippen LogP contribution is -2.20. The number of esters is 1. The van der Waals surface area contributed by atoms with E-state index in [4.69, 9.17) is 4.74 Å². The Morgan fingerprint density at radius 3 is 2.21 bits per heavy atom. The van der Waals surface area contributed by atoms with Crippen molar-refractivity contribution in [2.75, 3.05) is 6.61 Å². The van der Waals surface area contributed by atoms with E-state index in [1.807, 2.05) is 19.9 Å². The van der Waals surface area contributed by atoms with E-state index in [9.17, 15) is 13.2 Å². The van der Waals surface area contributed by atoms with Gasteiger partial charge in [0.25, 0.3) is 0 Å². The van der Waals surface area contributed by atoms with Crippen LogP contribution >= 0.6 is 0 Å². The molecule has 1 aromatic rings. The smallest absolute Gasteiger partial charge is 0.302 e. The molecule has 0 aliphatic carbocycles. The number of carbonyl (C=O) groups is 1. The first-order valence-electron chi connectivity index (χ1n) is 9.51. The number of hydrogen-bond donors (Lipinski definition) is 0. The topological polar surface area (TPSA) is 60.4 Å². The molecule has 28 heavy (non-hydrogen) atoms. The summed E-state index contributed by atoms with van der Waals surface area (Å²) in [6.45, 7) is 9.46. The fourth-order valence-electron chi connectivity index (χ4n) is 2.73. The monoisotopic (exact) mass is 404 g/mol. The summed E-state index contributed by atoms with van der Waals surface area (Å²) in [5.74, 6) is -0.354. The SMILES string of the molecule is CC(=O)OCC=C(C)CC(C=C(C)CCC=C(C)C)S(=O)(=O)c1ccccc1. The Kier molecular flexibility index (Phi) is 9.94. The Morgan fingerprint density at radius 2 is 1.64 bits per heavy atom. The van der Waals surface area contributed by atoms with Crippen molar-refractivity contribution in [1.29, 1.82) is 0 Å². The van der Waals surface area contributed by atoms with Crippen LogP contribution in [0.5, 0.6) is 0 Å². The molecule has 0 aliphatic heterocycles. The van der Waals surface area contributed by atoms with Gasteiger partial charge < -0.3 is 4.74 Å². The van der Waals surface area contributed by atoms with Gasteiger partial charge in [-0.2, -0.15) is 0 Å². The Bertz CT molecular complexity index is 827. The second-order valence-corrected chi connectivity index (χ2v) is 9.45. The standard InChI is InChI=1S/C23H32O4S/c1-18(2)10-9-11-19(3)16-23(17-20(4)14-15-27-21(5)24)28(25,26)22-12-7-6-8-13-22/h6-8,10,12-14,16,23H,9,11,15,17H2,1-5H3. The van der Waals surface area contributed by atoms with Gasteiger partial charge in [0.1, 0.15) is 6.61 Å². The van der Waals surface area contributed by atoms with Crippen molar-refractivity contribution in [2.45, 2.75) is 64.0 Å². The summed E-state index contributed by atoms with van der Waals surface area (Å²) >= 11 is 0. The van der Waals surface area contributed by atoms with Crippen LogP contribution in [0.2, 0.25) is 0 Å². The van der Waals surface area contributed by atoms with E-state index < -0.39 is 15.1 Å². The average molecular weight is 405 g/mol. The maximum absolute atomic E-state index is 13.2. The molecule has 0 bridgehead atoms. The number of sulfone groups is 1. The molecular weight excluding hydrogens is 372 g/mol. The fraction of sp³-hybridized carbons (Fsp3) is 0.435. The molecule has 1 unspecified atom stereocenters. The van der Waals surface area contributed by atoms with E-state index in [0.29, 0.717) is 11.3 Å². The molecule has 0 amide bonds. The molecule has 4 nitrogen and oxygen atoms in total. The maximum Gasteiger partial charge on any atom is 0.302 e. The van der Waals surface area contributed by atoms with E-state index >= 15 is 0 Å². The highest BCUT2D eigenvalue weighted by Crippen LogP contribution is 2.24. The lowest BCUT2D eigenvalue weighted by Gasteiger charge is -2.16. The fourth-order valence-corrected chi connectivity index (χ4v) is 4.51. The molecule has 1 atom stereocenters. The summed E-state index contributed by atoms with van der Waals surface area (Å²) < 4.78 is 31.3. The predicted molar refractivity (Wildman–Crippen MR) is 115 cm³/mol. The highest BCUT2D eigenvalue weighted by molar-refractivity contribution is 7.92. The van der Waals surface area contributed by atoms with Crippen LogP contribution in [-0.2, 0) is 19.4 Å². The molecule has 0 heterocycles. The molecule has 0 saturated carbocycles. The molecule has 0 radical (unpaired) electrons. The average Bonchev–Trinajstić information content (AvgIpc) is 2.61. The van der Waals surface area contributed by atoms with Crippen LogP contribution in [0, 0.1) is 0 Å². The summed E-state index contributed by atoms with van der Waals surface area (Å²) in [5.41, 5.74) is 3.18. The van der Waals surface area contributed by atoms with Gasteiger partial charge in [0, 0.05) is 6.92 Å². The van der Waals surface area contributed by atoms with Crippen molar-refractivity contribution >= 4 is 15.8 Å². The zero-order valence-electron chi connectivity index (χ0n) is 17.6. The van der Waals surface area contributed by atoms with Crippen molar-refractivity contribution in [3.63, 3.8) is 0 Å². The first kappa shape index (κ1) is 23.9. The zero-order valence-corrected chi connectivity index (χ0v) is 18.4. The van der Waals surface area contributed by atoms with Gasteiger partial charge >= 0.3 is 5.97 Å². The Labute approximate surface area is 169 Å². The van der Waals surface area contributed by atoms with E-state index in [0.717, 1.165) is 24.0 Å². The van der Waals surface area contributed by atoms with Gasteiger partial charge in [-0.15, -0.1) is 0 Å². The van der Waals surface area contributed by atoms with Crippen molar-refractivity contribution in [3.05, 3.63) is 65.3 Å². The van der Waals surface area contributed by atoms with Crippen LogP contribution in [0.25, 0.3) is 0 Å². The van der Waals surface area contributed by atoms with Gasteiger partial charge in [0.05, 0.1) is 10.1 Å². The Hall–Kier alpha value is -2.14. The molecule has 0 N–H and O–H groups in total. The van der Waals surface area contributed by atoms with E-state index in [2.05, 4.69) is 19.9 Å². The minimum Gasteiger partial charge on any atom is -0.462 e. The quantitative estimate of drug-likeness (QED) is 0.386. The van der Waals surface area contributed by atoms with Crippen LogP contribution in [0.15, 0.2) is 70.2 Å². The number of ether oxygens (including phenoxy) is 1. The number of rotatable bonds is 10. The normalized spacial score (nSPS) is 13.8. The van der Waals surface area contributed by atoms with Crippen LogP contribution in [0.1, 0.15) is 53.9 Å². The van der Waals surface area contributed by atoms with Crippen molar-refractivity contribution in [3.8, 4) is 0 Å². The highest BCUT2D eigenvalue weighted by Gasteiger charge is 2.25. The first-order chi connectivity index (χ1) is 13.1. The second-order valence-electron chi connectivity index (χ2n) is 7.29. The number of benzene rings is 1. The molecule has 1 rings (SSSR count). The minimum atomic E-state index is -3.51. The summed E-state index contributed by atoms with van der Waals surface area (Å²) in [6.07, 6.45) is 7.86. The minimum absolute atomic E-state index is 0.155. The van der Waals surface area contributed by atoms with E-state index in [1.165, 1.54) is 12.5 Å². The lowest BCUT2D eigenvalue weighted by molar-refractivity contribution is -0.139. The molecule has 0 aromatic heterocycles. The van der Waals surface area contributed by atoms with Crippen molar-refractivity contribution < 1.29 is 17.9 Å². The molecule has 0 aliphatic rings. The number of carbonyl (C=O) groups excluding carboxylic acids is 1. The van der Waals surface area contributed by atoms with Gasteiger partial charge in [-0.3, -0.25) is 4.79 Å². The summed E-state index contributed by atoms with van der Waals surface area (Å²) in [4.78, 5) is 11.2. The molecule has 1 aromatic carbocycles. The first-order valence-corrected chi connectivity index (χ1v) is 11.1. The molecule has 5 heteroatoms. The zero-order chi connectivity index (χ0) is 21.2. The van der Waals surface area contributed by atoms with Crippen LogP contribution in [-0.4, -0.2) is 26.2 Å². The third kappa shape index (κ3) is 8.70. The summed E-state index contributed by atoms with van der Waals surface area (Å²) in [5, 5.41) is -0.657. The van der Waals surface area contributed by atoms with Gasteiger partial charge in [0.15, 0.2) is 9.84 Å². The maximum atomic E-state index is 13.2. The van der Waals surface area contributed by atoms with E-state index in [1.54, 1.807) is 36.4 Å². The molecule has 0 fully saturated rings. The number of hydrogen-bond acceptors (Lipinski definition) is 4. The van der Waals surface area contributed by atoms with Crippen LogP contribution in [0.3, 0.4) is 0 Å². The Morgan fingerprint density at radius 1 is 1.00 bits per heavy atom. The summed E-state index contributed by atoms with van der Waals surface area (Å²) in [7, 11) is -3.51. The van der Waals surface area contributed by atoms with Gasteiger partial charge in [-0.25, -0.2) is 8.42 Å². The van der Waals surface area contributed by atoms with Gasteiger partial charge in [-0.05, 0) is 65.2 Å². The molecular formula is C23H32O4S. The Balaban J connectivity index is 3.09. The van der Waals surface area contributed by atoms with Crippen molar-refractivity contribution in [2.24, 2.45) is 0 Å². The van der Waals surface area contributed by atoms with Crippen LogP contribution in [0.4, 0.5) is 0 Å². The molecule has 154 valence electrons. The predicted octanol–water partition coefficient (Wildman–Crippen LogP) is 5.42. The third-order valence-corrected chi connectivity index (χ3v) is 6.30.